The van der Waals surface area contributed by atoms with Crippen molar-refractivity contribution in [2.75, 3.05) is 17.3 Å². The molecule has 1 heterocycles. The average molecular weight is 495 g/mol. The van der Waals surface area contributed by atoms with Gasteiger partial charge in [-0.2, -0.15) is 0 Å². The molecule has 1 amide bonds. The second kappa shape index (κ2) is 9.53. The number of hydrogen-bond donors (Lipinski definition) is 1. The number of anilines is 2. The van der Waals surface area contributed by atoms with Gasteiger partial charge in [-0.05, 0) is 37.1 Å². The lowest BCUT2D eigenvalue weighted by atomic mass is 10.1. The van der Waals surface area contributed by atoms with E-state index in [-0.39, 0.29) is 11.6 Å². The standard InChI is InChI=1S/C23H19Cl3FN3O2/c1-30(15-3-4-15)21-9-18(26)19(27)10-20(21)29-23(31)16-11-28-7-6-13(16)12-32-22-8-14(24)2-5-17(22)25/h2,5-11,15H,3-4,12H2,1H3,(H,29,31). The maximum Gasteiger partial charge on any atom is 0.257 e. The predicted molar refractivity (Wildman–Crippen MR) is 126 cm³/mol. The number of pyridine rings is 1. The number of aromatic nitrogens is 1. The molecule has 1 N–H and O–H groups in total. The van der Waals surface area contributed by atoms with Gasteiger partial charge in [0.15, 0.2) is 0 Å². The molecule has 4 rings (SSSR count). The first-order valence-electron chi connectivity index (χ1n) is 9.87. The van der Waals surface area contributed by atoms with Crippen molar-refractivity contribution in [3.63, 3.8) is 0 Å². The monoisotopic (exact) mass is 493 g/mol. The van der Waals surface area contributed by atoms with Crippen LogP contribution in [-0.2, 0) is 6.61 Å². The van der Waals surface area contributed by atoms with Crippen LogP contribution in [0, 0.1) is 5.82 Å². The number of ether oxygens (including phenoxy) is 1. The van der Waals surface area contributed by atoms with Gasteiger partial charge in [0.2, 0.25) is 0 Å². The van der Waals surface area contributed by atoms with Gasteiger partial charge in [0.05, 0.1) is 27.0 Å². The van der Waals surface area contributed by atoms with E-state index in [0.717, 1.165) is 12.8 Å². The fraction of sp³-hybridized carbons (Fsp3) is 0.217. The zero-order chi connectivity index (χ0) is 22.8. The van der Waals surface area contributed by atoms with Gasteiger partial charge < -0.3 is 15.0 Å². The molecule has 1 fully saturated rings. The van der Waals surface area contributed by atoms with Crippen molar-refractivity contribution in [1.29, 1.82) is 0 Å². The van der Waals surface area contributed by atoms with Crippen LogP contribution < -0.4 is 15.0 Å². The van der Waals surface area contributed by atoms with Crippen molar-refractivity contribution < 1.29 is 13.9 Å². The molecule has 166 valence electrons. The van der Waals surface area contributed by atoms with Crippen LogP contribution in [0.4, 0.5) is 15.8 Å². The van der Waals surface area contributed by atoms with Crippen LogP contribution in [0.3, 0.4) is 0 Å². The van der Waals surface area contributed by atoms with Crippen molar-refractivity contribution >= 4 is 52.1 Å². The van der Waals surface area contributed by atoms with E-state index < -0.39 is 11.7 Å². The van der Waals surface area contributed by atoms with E-state index in [1.807, 2.05) is 11.9 Å². The summed E-state index contributed by atoms with van der Waals surface area (Å²) >= 11 is 18.2. The lowest BCUT2D eigenvalue weighted by Crippen LogP contribution is -2.23. The van der Waals surface area contributed by atoms with Crippen LogP contribution in [0.5, 0.6) is 5.75 Å². The van der Waals surface area contributed by atoms with Gasteiger partial charge in [-0.1, -0.05) is 34.8 Å². The predicted octanol–water partition coefficient (Wildman–Crippen LogP) is 6.61. The van der Waals surface area contributed by atoms with Crippen molar-refractivity contribution in [1.82, 2.24) is 4.98 Å². The van der Waals surface area contributed by atoms with E-state index in [1.165, 1.54) is 18.3 Å². The number of halogens is 4. The van der Waals surface area contributed by atoms with Crippen LogP contribution in [0.25, 0.3) is 0 Å². The van der Waals surface area contributed by atoms with E-state index in [2.05, 4.69) is 10.3 Å². The van der Waals surface area contributed by atoms with Gasteiger partial charge in [0.25, 0.3) is 5.91 Å². The van der Waals surface area contributed by atoms with Gasteiger partial charge in [-0.25, -0.2) is 4.39 Å². The molecule has 9 heteroatoms. The summed E-state index contributed by atoms with van der Waals surface area (Å²) in [5, 5.41) is 3.68. The lowest BCUT2D eigenvalue weighted by molar-refractivity contribution is 0.102. The topological polar surface area (TPSA) is 54.5 Å². The molecule has 0 radical (unpaired) electrons. The lowest BCUT2D eigenvalue weighted by Gasteiger charge is -2.23. The zero-order valence-electron chi connectivity index (χ0n) is 17.0. The summed E-state index contributed by atoms with van der Waals surface area (Å²) in [5.41, 5.74) is 1.86. The summed E-state index contributed by atoms with van der Waals surface area (Å²) in [7, 11) is 1.90. The zero-order valence-corrected chi connectivity index (χ0v) is 19.3. The molecule has 32 heavy (non-hydrogen) atoms. The number of nitrogens with zero attached hydrogens (tertiary/aromatic N) is 2. The second-order valence-corrected chi connectivity index (χ2v) is 8.73. The van der Waals surface area contributed by atoms with Crippen molar-refractivity contribution in [2.45, 2.75) is 25.5 Å². The van der Waals surface area contributed by atoms with Crippen LogP contribution in [-0.4, -0.2) is 24.0 Å². The minimum atomic E-state index is -0.611. The minimum Gasteiger partial charge on any atom is -0.487 e. The summed E-state index contributed by atoms with van der Waals surface area (Å²) < 4.78 is 20.0. The highest BCUT2D eigenvalue weighted by Crippen LogP contribution is 2.37. The molecule has 5 nitrogen and oxygen atoms in total. The molecule has 2 aromatic carbocycles. The summed E-state index contributed by atoms with van der Waals surface area (Å²) in [6, 6.07) is 9.66. The third-order valence-corrected chi connectivity index (χ3v) is 6.03. The number of nitrogens with one attached hydrogen (secondary N) is 1. The quantitative estimate of drug-likeness (QED) is 0.401. The SMILES string of the molecule is CN(c1cc(Cl)c(F)cc1NC(=O)c1cnccc1COc1cc(Cl)ccc1Cl)C1CC1. The van der Waals surface area contributed by atoms with E-state index >= 15 is 0 Å². The largest absolute Gasteiger partial charge is 0.487 e. The Hall–Kier alpha value is -2.54. The van der Waals surface area contributed by atoms with E-state index in [4.69, 9.17) is 39.5 Å². The molecule has 1 aromatic heterocycles. The van der Waals surface area contributed by atoms with E-state index in [9.17, 15) is 9.18 Å². The average Bonchev–Trinajstić information content (AvgIpc) is 3.62. The van der Waals surface area contributed by atoms with Gasteiger partial charge in [-0.15, -0.1) is 0 Å². The summed E-state index contributed by atoms with van der Waals surface area (Å²) in [4.78, 5) is 19.1. The van der Waals surface area contributed by atoms with Gasteiger partial charge in [-0.3, -0.25) is 9.78 Å². The Labute approximate surface area is 200 Å². The van der Waals surface area contributed by atoms with Crippen molar-refractivity contribution in [2.24, 2.45) is 0 Å². The fourth-order valence-electron chi connectivity index (χ4n) is 3.27. The first-order chi connectivity index (χ1) is 15.3. The maximum atomic E-state index is 14.2. The first-order valence-corrected chi connectivity index (χ1v) is 11.0. The van der Waals surface area contributed by atoms with Crippen LogP contribution in [0.15, 0.2) is 48.8 Å². The maximum absolute atomic E-state index is 14.2. The summed E-state index contributed by atoms with van der Waals surface area (Å²) in [6.45, 7) is 0.0646. The number of benzene rings is 2. The first kappa shape index (κ1) is 22.6. The van der Waals surface area contributed by atoms with Gasteiger partial charge >= 0.3 is 0 Å². The molecule has 0 spiro atoms. The number of amides is 1. The second-order valence-electron chi connectivity index (χ2n) is 7.48. The molecule has 0 saturated heterocycles. The Balaban J connectivity index is 1.57. The normalized spacial score (nSPS) is 13.0. The number of carbonyl (C=O) groups excluding carboxylic acids is 1. The Morgan fingerprint density at radius 3 is 2.72 bits per heavy atom. The van der Waals surface area contributed by atoms with Gasteiger partial charge in [0, 0.05) is 48.2 Å². The number of rotatable bonds is 7. The molecule has 1 saturated carbocycles. The summed E-state index contributed by atoms with van der Waals surface area (Å²) in [6.07, 6.45) is 5.07. The fourth-order valence-corrected chi connectivity index (χ4v) is 3.77. The van der Waals surface area contributed by atoms with Crippen LogP contribution in [0.2, 0.25) is 15.1 Å². The molecule has 0 aliphatic heterocycles. The molecule has 3 aromatic rings. The highest BCUT2D eigenvalue weighted by Gasteiger charge is 2.29. The third kappa shape index (κ3) is 5.09. The third-order valence-electron chi connectivity index (χ3n) is 5.19. The smallest absolute Gasteiger partial charge is 0.257 e. The van der Waals surface area contributed by atoms with Crippen LogP contribution >= 0.6 is 34.8 Å². The molecule has 0 bridgehead atoms. The Kier molecular flexibility index (Phi) is 6.74. The van der Waals surface area contributed by atoms with E-state index in [0.29, 0.717) is 44.3 Å². The highest BCUT2D eigenvalue weighted by atomic mass is 35.5. The molecule has 1 aliphatic rings. The van der Waals surface area contributed by atoms with Gasteiger partial charge in [0.1, 0.15) is 18.2 Å². The minimum absolute atomic E-state index is 0.000587. The molecular formula is C23H19Cl3FN3O2. The molecule has 0 unspecified atom stereocenters. The molecule has 1 aliphatic carbocycles. The number of hydrogen-bond acceptors (Lipinski definition) is 4. The van der Waals surface area contributed by atoms with Crippen molar-refractivity contribution in [3.8, 4) is 5.75 Å². The summed E-state index contributed by atoms with van der Waals surface area (Å²) in [5.74, 6) is -0.656. The highest BCUT2D eigenvalue weighted by molar-refractivity contribution is 6.34. The molecule has 0 atom stereocenters. The Morgan fingerprint density at radius 1 is 1.19 bits per heavy atom. The Bertz CT molecular complexity index is 1170. The molecular weight excluding hydrogens is 476 g/mol. The van der Waals surface area contributed by atoms with Crippen LogP contribution in [0.1, 0.15) is 28.8 Å². The number of carbonyl (C=O) groups is 1. The van der Waals surface area contributed by atoms with E-state index in [1.54, 1.807) is 30.5 Å². The Morgan fingerprint density at radius 2 is 1.97 bits per heavy atom. The van der Waals surface area contributed by atoms with Crippen molar-refractivity contribution in [3.05, 3.63) is 80.8 Å².